The Kier molecular flexibility index (Phi) is 3.45. The second kappa shape index (κ2) is 4.88. The quantitative estimate of drug-likeness (QED) is 0.846. The number of phenolic OH excluding ortho intramolecular Hbond substituents is 2. The van der Waals surface area contributed by atoms with E-state index in [0.29, 0.717) is 5.56 Å². The number of aromatic hydroxyl groups is 2. The Morgan fingerprint density at radius 3 is 2.44 bits per heavy atom. The summed E-state index contributed by atoms with van der Waals surface area (Å²) in [7, 11) is 0. The lowest BCUT2D eigenvalue weighted by atomic mass is 10.1. The maximum atomic E-state index is 12.4. The summed E-state index contributed by atoms with van der Waals surface area (Å²) in [6.07, 6.45) is 2.96. The smallest absolute Gasteiger partial charge is 0.254 e. The topological polar surface area (TPSA) is 60.8 Å². The molecule has 1 aliphatic heterocycles. The minimum Gasteiger partial charge on any atom is -0.508 e. The third kappa shape index (κ3) is 2.28. The molecule has 1 fully saturated rings. The second-order valence-corrected chi connectivity index (χ2v) is 4.94. The van der Waals surface area contributed by atoms with E-state index in [-0.39, 0.29) is 29.5 Å². The number of nitrogens with zero attached hydrogens (tertiary/aromatic N) is 1. The number of likely N-dealkylation sites (tertiary alicyclic amines) is 1. The first-order chi connectivity index (χ1) is 8.52. The number of carbonyl (C=O) groups is 1. The van der Waals surface area contributed by atoms with Gasteiger partial charge in [0.25, 0.3) is 5.91 Å². The van der Waals surface area contributed by atoms with E-state index in [1.165, 1.54) is 18.2 Å². The molecule has 0 spiro atoms. The Hall–Kier alpha value is -1.71. The van der Waals surface area contributed by atoms with Gasteiger partial charge in [-0.05, 0) is 38.3 Å². The zero-order valence-corrected chi connectivity index (χ0v) is 10.8. The molecule has 0 aromatic heterocycles. The Bertz CT molecular complexity index is 438. The van der Waals surface area contributed by atoms with Crippen molar-refractivity contribution in [2.45, 2.75) is 45.2 Å². The fourth-order valence-electron chi connectivity index (χ4n) is 2.71. The van der Waals surface area contributed by atoms with Gasteiger partial charge in [0.15, 0.2) is 0 Å². The minimum atomic E-state index is -0.113. The van der Waals surface area contributed by atoms with Crippen LogP contribution in [-0.2, 0) is 0 Å². The van der Waals surface area contributed by atoms with Crippen molar-refractivity contribution < 1.29 is 15.0 Å². The van der Waals surface area contributed by atoms with E-state index in [0.717, 1.165) is 19.3 Å². The van der Waals surface area contributed by atoms with Crippen molar-refractivity contribution >= 4 is 5.91 Å². The maximum Gasteiger partial charge on any atom is 0.254 e. The highest BCUT2D eigenvalue weighted by Gasteiger charge is 2.33. The van der Waals surface area contributed by atoms with Crippen LogP contribution in [0.5, 0.6) is 11.5 Å². The molecular formula is C14H19NO3. The molecule has 1 aromatic rings. The highest BCUT2D eigenvalue weighted by Crippen LogP contribution is 2.29. The number of benzene rings is 1. The molecule has 2 unspecified atom stereocenters. The molecule has 4 heteroatoms. The van der Waals surface area contributed by atoms with Crippen molar-refractivity contribution in [3.8, 4) is 11.5 Å². The predicted molar refractivity (Wildman–Crippen MR) is 68.7 cm³/mol. The van der Waals surface area contributed by atoms with Crippen LogP contribution in [0.2, 0.25) is 0 Å². The predicted octanol–water partition coefficient (Wildman–Crippen LogP) is 2.50. The van der Waals surface area contributed by atoms with Gasteiger partial charge in [-0.1, -0.05) is 6.92 Å². The first-order valence-electron chi connectivity index (χ1n) is 6.38. The molecule has 0 saturated carbocycles. The molecular weight excluding hydrogens is 230 g/mol. The summed E-state index contributed by atoms with van der Waals surface area (Å²) in [5.41, 5.74) is 0.347. The van der Waals surface area contributed by atoms with Crippen LogP contribution in [0, 0.1) is 0 Å². The Labute approximate surface area is 107 Å². The lowest BCUT2D eigenvalue weighted by molar-refractivity contribution is 0.0675. The van der Waals surface area contributed by atoms with E-state index in [4.69, 9.17) is 0 Å². The average molecular weight is 249 g/mol. The molecule has 0 bridgehead atoms. The zero-order valence-electron chi connectivity index (χ0n) is 10.8. The number of carbonyl (C=O) groups excluding carboxylic acids is 1. The highest BCUT2D eigenvalue weighted by atomic mass is 16.3. The van der Waals surface area contributed by atoms with E-state index in [2.05, 4.69) is 6.92 Å². The summed E-state index contributed by atoms with van der Waals surface area (Å²) < 4.78 is 0. The van der Waals surface area contributed by atoms with Crippen LogP contribution in [0.4, 0.5) is 0 Å². The van der Waals surface area contributed by atoms with Gasteiger partial charge in [-0.3, -0.25) is 4.79 Å². The van der Waals surface area contributed by atoms with Crippen LogP contribution in [0.3, 0.4) is 0 Å². The molecule has 1 aliphatic rings. The van der Waals surface area contributed by atoms with E-state index in [1.54, 1.807) is 0 Å². The van der Waals surface area contributed by atoms with Gasteiger partial charge in [0, 0.05) is 23.7 Å². The first kappa shape index (κ1) is 12.7. The fourth-order valence-corrected chi connectivity index (χ4v) is 2.71. The maximum absolute atomic E-state index is 12.4. The monoisotopic (exact) mass is 249 g/mol. The molecule has 1 heterocycles. The van der Waals surface area contributed by atoms with Crippen molar-refractivity contribution in [2.75, 3.05) is 0 Å². The highest BCUT2D eigenvalue weighted by molar-refractivity contribution is 5.95. The van der Waals surface area contributed by atoms with E-state index >= 15 is 0 Å². The summed E-state index contributed by atoms with van der Waals surface area (Å²) in [6.45, 7) is 4.11. The standard InChI is InChI=1S/C14H19NO3/c1-3-11-5-4-9(2)15(11)14(18)10-6-12(16)8-13(17)7-10/h6-9,11,16-17H,3-5H2,1-2H3. The van der Waals surface area contributed by atoms with Gasteiger partial charge in [0.2, 0.25) is 0 Å². The summed E-state index contributed by atoms with van der Waals surface area (Å²) in [5, 5.41) is 18.9. The fraction of sp³-hybridized carbons (Fsp3) is 0.500. The van der Waals surface area contributed by atoms with Gasteiger partial charge in [-0.25, -0.2) is 0 Å². The van der Waals surface area contributed by atoms with Crippen molar-refractivity contribution in [3.63, 3.8) is 0 Å². The molecule has 2 N–H and O–H groups in total. The van der Waals surface area contributed by atoms with Gasteiger partial charge in [0.1, 0.15) is 11.5 Å². The van der Waals surface area contributed by atoms with Crippen LogP contribution >= 0.6 is 0 Å². The number of phenols is 2. The number of rotatable bonds is 2. The first-order valence-corrected chi connectivity index (χ1v) is 6.38. The van der Waals surface area contributed by atoms with E-state index in [1.807, 2.05) is 11.8 Å². The lowest BCUT2D eigenvalue weighted by Gasteiger charge is -2.28. The zero-order chi connectivity index (χ0) is 13.3. The van der Waals surface area contributed by atoms with Gasteiger partial charge in [-0.15, -0.1) is 0 Å². The van der Waals surface area contributed by atoms with Crippen molar-refractivity contribution in [1.29, 1.82) is 0 Å². The summed E-state index contributed by atoms with van der Waals surface area (Å²) in [4.78, 5) is 14.3. The Morgan fingerprint density at radius 1 is 1.28 bits per heavy atom. The lowest BCUT2D eigenvalue weighted by Crippen LogP contribution is -2.39. The van der Waals surface area contributed by atoms with Crippen LogP contribution in [0.15, 0.2) is 18.2 Å². The van der Waals surface area contributed by atoms with Crippen LogP contribution in [-0.4, -0.2) is 33.1 Å². The van der Waals surface area contributed by atoms with E-state index in [9.17, 15) is 15.0 Å². The van der Waals surface area contributed by atoms with E-state index < -0.39 is 0 Å². The molecule has 0 radical (unpaired) electrons. The number of hydrogen-bond donors (Lipinski definition) is 2. The van der Waals surface area contributed by atoms with Gasteiger partial charge in [0.05, 0.1) is 0 Å². The molecule has 2 atom stereocenters. The van der Waals surface area contributed by atoms with Crippen LogP contribution < -0.4 is 0 Å². The van der Waals surface area contributed by atoms with Crippen LogP contribution in [0.25, 0.3) is 0 Å². The van der Waals surface area contributed by atoms with Crippen molar-refractivity contribution in [2.24, 2.45) is 0 Å². The van der Waals surface area contributed by atoms with Crippen molar-refractivity contribution in [3.05, 3.63) is 23.8 Å². The minimum absolute atomic E-state index is 0.0850. The molecule has 18 heavy (non-hydrogen) atoms. The molecule has 1 aromatic carbocycles. The third-order valence-electron chi connectivity index (χ3n) is 3.64. The molecule has 1 saturated heterocycles. The summed E-state index contributed by atoms with van der Waals surface area (Å²) in [6, 6.07) is 4.50. The second-order valence-electron chi connectivity index (χ2n) is 4.94. The third-order valence-corrected chi connectivity index (χ3v) is 3.64. The van der Waals surface area contributed by atoms with Gasteiger partial charge >= 0.3 is 0 Å². The average Bonchev–Trinajstić information content (AvgIpc) is 2.68. The SMILES string of the molecule is CCC1CCC(C)N1C(=O)c1cc(O)cc(O)c1. The Balaban J connectivity index is 2.29. The van der Waals surface area contributed by atoms with Crippen LogP contribution in [0.1, 0.15) is 43.5 Å². The van der Waals surface area contributed by atoms with Gasteiger partial charge in [-0.2, -0.15) is 0 Å². The Morgan fingerprint density at radius 2 is 1.89 bits per heavy atom. The number of amides is 1. The largest absolute Gasteiger partial charge is 0.508 e. The molecule has 0 aliphatic carbocycles. The van der Waals surface area contributed by atoms with Gasteiger partial charge < -0.3 is 15.1 Å². The van der Waals surface area contributed by atoms with Crippen molar-refractivity contribution in [1.82, 2.24) is 4.90 Å². The molecule has 1 amide bonds. The summed E-state index contributed by atoms with van der Waals surface area (Å²) in [5.74, 6) is -0.283. The number of hydrogen-bond acceptors (Lipinski definition) is 3. The molecule has 98 valence electrons. The normalized spacial score (nSPS) is 23.3. The summed E-state index contributed by atoms with van der Waals surface area (Å²) >= 11 is 0. The molecule has 2 rings (SSSR count). The molecule has 4 nitrogen and oxygen atoms in total.